The van der Waals surface area contributed by atoms with Crippen molar-refractivity contribution in [2.45, 2.75) is 13.0 Å². The van der Waals surface area contributed by atoms with Gasteiger partial charge in [0.1, 0.15) is 6.61 Å². The molecule has 0 aliphatic rings. The van der Waals surface area contributed by atoms with Crippen LogP contribution in [-0.4, -0.2) is 38.1 Å². The Bertz CT molecular complexity index is 627. The maximum Gasteiger partial charge on any atom is 0.251 e. The first-order valence-electron chi connectivity index (χ1n) is 7.35. The molecule has 2 aromatic rings. The van der Waals surface area contributed by atoms with Crippen LogP contribution in [0.4, 0.5) is 0 Å². The van der Waals surface area contributed by atoms with Crippen molar-refractivity contribution in [1.29, 1.82) is 0 Å². The molecular weight excluding hydrogens is 385 g/mol. The van der Waals surface area contributed by atoms with Gasteiger partial charge in [-0.05, 0) is 38.2 Å². The van der Waals surface area contributed by atoms with Crippen molar-refractivity contribution in [2.24, 2.45) is 0 Å². The minimum Gasteiger partial charge on any atom is -0.493 e. The van der Waals surface area contributed by atoms with Crippen molar-refractivity contribution < 1.29 is 14.3 Å². The zero-order valence-electron chi connectivity index (χ0n) is 14.1. The van der Waals surface area contributed by atoms with Crippen molar-refractivity contribution >= 4 is 42.1 Å². The predicted octanol–water partition coefficient (Wildman–Crippen LogP) is 2.91. The van der Waals surface area contributed by atoms with E-state index in [0.29, 0.717) is 30.2 Å². The fourth-order valence-electron chi connectivity index (χ4n) is 1.96. The molecule has 0 saturated heterocycles. The number of carbonyl (C=O) groups is 1. The van der Waals surface area contributed by atoms with E-state index in [1.807, 2.05) is 12.4 Å². The minimum atomic E-state index is -0.120. The van der Waals surface area contributed by atoms with Crippen LogP contribution in [0, 0.1) is 0 Å². The van der Waals surface area contributed by atoms with E-state index in [9.17, 15) is 4.79 Å². The summed E-state index contributed by atoms with van der Waals surface area (Å²) in [5, 5.41) is 7.85. The van der Waals surface area contributed by atoms with Gasteiger partial charge in [0, 0.05) is 17.5 Å². The Labute approximate surface area is 164 Å². The molecule has 0 spiro atoms. The first kappa shape index (κ1) is 23.5. The van der Waals surface area contributed by atoms with Crippen molar-refractivity contribution in [2.75, 3.05) is 27.2 Å². The fourth-order valence-corrected chi connectivity index (χ4v) is 2.50. The number of aromatic nitrogens is 1. The summed E-state index contributed by atoms with van der Waals surface area (Å²) in [6, 6.07) is 5.16. The molecule has 6 nitrogen and oxygen atoms in total. The number of carbonyl (C=O) groups excluding carboxylic acids is 1. The molecule has 2 rings (SSSR count). The smallest absolute Gasteiger partial charge is 0.251 e. The van der Waals surface area contributed by atoms with Crippen LogP contribution < -0.4 is 20.1 Å². The quantitative estimate of drug-likeness (QED) is 0.625. The third-order valence-electron chi connectivity index (χ3n) is 3.17. The van der Waals surface area contributed by atoms with Gasteiger partial charge in [-0.25, -0.2) is 4.98 Å². The summed E-state index contributed by atoms with van der Waals surface area (Å²) in [4.78, 5) is 16.3. The van der Waals surface area contributed by atoms with Gasteiger partial charge >= 0.3 is 0 Å². The Hall–Kier alpha value is -1.54. The second kappa shape index (κ2) is 12.8. The molecule has 2 N–H and O–H groups in total. The van der Waals surface area contributed by atoms with E-state index < -0.39 is 0 Å². The highest BCUT2D eigenvalue weighted by Gasteiger charge is 2.11. The predicted molar refractivity (Wildman–Crippen MR) is 105 cm³/mol. The minimum absolute atomic E-state index is 0. The molecule has 1 aromatic heterocycles. The normalized spacial score (nSPS) is 9.52. The Balaban J connectivity index is 0.00000288. The summed E-state index contributed by atoms with van der Waals surface area (Å²) < 4.78 is 11.0. The van der Waals surface area contributed by atoms with Crippen LogP contribution in [0.1, 0.15) is 22.5 Å². The van der Waals surface area contributed by atoms with Crippen molar-refractivity contribution in [3.8, 4) is 11.5 Å². The summed E-state index contributed by atoms with van der Waals surface area (Å²) in [6.07, 6.45) is 0.883. The lowest BCUT2D eigenvalue weighted by Crippen LogP contribution is -2.26. The lowest BCUT2D eigenvalue weighted by Gasteiger charge is -2.12. The van der Waals surface area contributed by atoms with Gasteiger partial charge in [0.2, 0.25) is 0 Å². The highest BCUT2D eigenvalue weighted by atomic mass is 35.5. The standard InChI is InChI=1S/C16H21N3O3S.2ClH/c1-17-6-3-7-18-16(20)12-4-5-14(15(8-12)21-2)22-9-13-10-23-11-19-13;;/h4-5,8,10-11,17H,3,6-7,9H2,1-2H3,(H,18,20);2*1H. The molecule has 1 aromatic carbocycles. The van der Waals surface area contributed by atoms with Gasteiger partial charge in [0.15, 0.2) is 11.5 Å². The summed E-state index contributed by atoms with van der Waals surface area (Å²) >= 11 is 1.52. The highest BCUT2D eigenvalue weighted by Crippen LogP contribution is 2.28. The molecule has 0 aliphatic carbocycles. The molecule has 0 saturated carbocycles. The van der Waals surface area contributed by atoms with Crippen LogP contribution in [-0.2, 0) is 6.61 Å². The topological polar surface area (TPSA) is 72.5 Å². The largest absolute Gasteiger partial charge is 0.493 e. The van der Waals surface area contributed by atoms with E-state index in [1.165, 1.54) is 11.3 Å². The number of thiazole rings is 1. The molecule has 1 amide bonds. The van der Waals surface area contributed by atoms with Crippen LogP contribution in [0.15, 0.2) is 29.1 Å². The maximum absolute atomic E-state index is 12.1. The zero-order chi connectivity index (χ0) is 16.5. The van der Waals surface area contributed by atoms with Crippen LogP contribution in [0.2, 0.25) is 0 Å². The molecule has 0 atom stereocenters. The first-order valence-corrected chi connectivity index (χ1v) is 8.29. The molecule has 140 valence electrons. The Kier molecular flexibility index (Phi) is 12.0. The van der Waals surface area contributed by atoms with Crippen LogP contribution >= 0.6 is 36.2 Å². The summed E-state index contributed by atoms with van der Waals surface area (Å²) in [7, 11) is 3.44. The zero-order valence-corrected chi connectivity index (χ0v) is 16.6. The van der Waals surface area contributed by atoms with Gasteiger partial charge in [-0.2, -0.15) is 0 Å². The third kappa shape index (κ3) is 7.48. The number of hydrogen-bond donors (Lipinski definition) is 2. The van der Waals surface area contributed by atoms with Crippen LogP contribution in [0.25, 0.3) is 0 Å². The Morgan fingerprint density at radius 1 is 1.24 bits per heavy atom. The molecular formula is C16H23Cl2N3O3S. The average Bonchev–Trinajstić information content (AvgIpc) is 3.10. The number of nitrogens with zero attached hydrogens (tertiary/aromatic N) is 1. The van der Waals surface area contributed by atoms with Crippen LogP contribution in [0.3, 0.4) is 0 Å². The molecule has 0 bridgehead atoms. The fraction of sp³-hybridized carbons (Fsp3) is 0.375. The first-order chi connectivity index (χ1) is 11.2. The van der Waals surface area contributed by atoms with Gasteiger partial charge in [-0.15, -0.1) is 36.2 Å². The lowest BCUT2D eigenvalue weighted by molar-refractivity contribution is 0.0953. The van der Waals surface area contributed by atoms with E-state index in [4.69, 9.17) is 9.47 Å². The average molecular weight is 408 g/mol. The van der Waals surface area contributed by atoms with E-state index in [1.54, 1.807) is 30.8 Å². The lowest BCUT2D eigenvalue weighted by atomic mass is 10.2. The van der Waals surface area contributed by atoms with Crippen molar-refractivity contribution in [3.63, 3.8) is 0 Å². The van der Waals surface area contributed by atoms with E-state index >= 15 is 0 Å². The van der Waals surface area contributed by atoms with Gasteiger partial charge in [0.05, 0.1) is 18.3 Å². The molecule has 0 unspecified atom stereocenters. The van der Waals surface area contributed by atoms with Gasteiger partial charge in [-0.3, -0.25) is 4.79 Å². The number of ether oxygens (including phenoxy) is 2. The summed E-state index contributed by atoms with van der Waals surface area (Å²) in [5.41, 5.74) is 3.17. The monoisotopic (exact) mass is 407 g/mol. The summed E-state index contributed by atoms with van der Waals surface area (Å²) in [5.74, 6) is 1.00. The number of halogens is 2. The second-order valence-electron chi connectivity index (χ2n) is 4.85. The molecule has 0 fully saturated rings. The van der Waals surface area contributed by atoms with Crippen molar-refractivity contribution in [3.05, 3.63) is 40.3 Å². The van der Waals surface area contributed by atoms with Gasteiger partial charge < -0.3 is 20.1 Å². The van der Waals surface area contributed by atoms with E-state index in [2.05, 4.69) is 15.6 Å². The molecule has 9 heteroatoms. The number of hydrogen-bond acceptors (Lipinski definition) is 6. The third-order valence-corrected chi connectivity index (χ3v) is 3.81. The highest BCUT2D eigenvalue weighted by molar-refractivity contribution is 7.07. The van der Waals surface area contributed by atoms with Crippen LogP contribution in [0.5, 0.6) is 11.5 Å². The molecule has 0 aliphatic heterocycles. The second-order valence-corrected chi connectivity index (χ2v) is 5.57. The van der Waals surface area contributed by atoms with Gasteiger partial charge in [-0.1, -0.05) is 0 Å². The number of methoxy groups -OCH3 is 1. The van der Waals surface area contributed by atoms with E-state index in [-0.39, 0.29) is 30.7 Å². The van der Waals surface area contributed by atoms with Gasteiger partial charge in [0.25, 0.3) is 5.91 Å². The number of amides is 1. The molecule has 1 heterocycles. The molecule has 25 heavy (non-hydrogen) atoms. The van der Waals surface area contributed by atoms with Crippen molar-refractivity contribution in [1.82, 2.24) is 15.6 Å². The molecule has 0 radical (unpaired) electrons. The number of rotatable bonds is 9. The van der Waals surface area contributed by atoms with E-state index in [0.717, 1.165) is 18.7 Å². The maximum atomic E-state index is 12.1. The number of benzene rings is 1. The SMILES string of the molecule is CNCCCNC(=O)c1ccc(OCc2cscn2)c(OC)c1.Cl.Cl. The Morgan fingerprint density at radius 2 is 2.04 bits per heavy atom. The number of nitrogens with one attached hydrogen (secondary N) is 2. The summed E-state index contributed by atoms with van der Waals surface area (Å²) in [6.45, 7) is 1.87. The Morgan fingerprint density at radius 3 is 2.68 bits per heavy atom.